The van der Waals surface area contributed by atoms with Crippen molar-refractivity contribution >= 4 is 17.8 Å². The summed E-state index contributed by atoms with van der Waals surface area (Å²) in [6.45, 7) is 4.94. The van der Waals surface area contributed by atoms with Gasteiger partial charge in [-0.2, -0.15) is 0 Å². The Bertz CT molecular complexity index is 479. The Kier molecular flexibility index (Phi) is 4.08. The summed E-state index contributed by atoms with van der Waals surface area (Å²) in [6.07, 6.45) is 4.68. The smallest absolute Gasteiger partial charge is 0.329 e. The summed E-state index contributed by atoms with van der Waals surface area (Å²) in [4.78, 5) is 40.7. The van der Waals surface area contributed by atoms with Gasteiger partial charge >= 0.3 is 6.03 Å². The first-order chi connectivity index (χ1) is 10.5. The van der Waals surface area contributed by atoms with Gasteiger partial charge in [0.25, 0.3) is 5.91 Å². The van der Waals surface area contributed by atoms with Gasteiger partial charge in [0, 0.05) is 6.92 Å². The topological polar surface area (TPSA) is 74.2 Å². The van der Waals surface area contributed by atoms with Crippen molar-refractivity contribution in [2.75, 3.05) is 32.8 Å². The lowest BCUT2D eigenvalue weighted by Crippen LogP contribution is -3.16. The molecule has 2 aliphatic heterocycles. The van der Waals surface area contributed by atoms with Gasteiger partial charge in [-0.05, 0) is 12.8 Å². The number of carbonyl (C=O) groups is 3. The number of nitrogens with zero attached hydrogens (tertiary/aromatic N) is 2. The van der Waals surface area contributed by atoms with Crippen molar-refractivity contribution in [2.24, 2.45) is 0 Å². The van der Waals surface area contributed by atoms with E-state index in [-0.39, 0.29) is 17.8 Å². The van der Waals surface area contributed by atoms with E-state index in [9.17, 15) is 14.4 Å². The molecule has 2 heterocycles. The Hall–Kier alpha value is -1.63. The minimum atomic E-state index is -0.629. The SMILES string of the molecule is CC(=O)N1CC[NH+](CN2C(=O)NC3(CCCCC3)C2=O)CC1. The molecule has 3 rings (SSSR count). The van der Waals surface area contributed by atoms with Crippen LogP contribution in [0.3, 0.4) is 0 Å². The zero-order valence-corrected chi connectivity index (χ0v) is 13.2. The van der Waals surface area contributed by atoms with Crippen LogP contribution in [0.5, 0.6) is 0 Å². The highest BCUT2D eigenvalue weighted by Gasteiger charge is 2.52. The van der Waals surface area contributed by atoms with Crippen molar-refractivity contribution in [2.45, 2.75) is 44.6 Å². The summed E-state index contributed by atoms with van der Waals surface area (Å²) < 4.78 is 0. The molecule has 1 saturated carbocycles. The summed E-state index contributed by atoms with van der Waals surface area (Å²) in [5, 5.41) is 2.95. The van der Waals surface area contributed by atoms with Crippen LogP contribution in [0.15, 0.2) is 0 Å². The third kappa shape index (κ3) is 2.69. The first kappa shape index (κ1) is 15.3. The zero-order valence-electron chi connectivity index (χ0n) is 13.2. The van der Waals surface area contributed by atoms with Crippen LogP contribution in [-0.2, 0) is 9.59 Å². The summed E-state index contributed by atoms with van der Waals surface area (Å²) in [5.74, 6) is 0.0499. The molecule has 7 heteroatoms. The van der Waals surface area contributed by atoms with E-state index in [0.29, 0.717) is 19.8 Å². The van der Waals surface area contributed by atoms with Gasteiger partial charge < -0.3 is 15.1 Å². The lowest BCUT2D eigenvalue weighted by atomic mass is 9.82. The standard InChI is InChI=1S/C15H24N4O3/c1-12(20)18-9-7-17(8-10-18)11-19-13(21)15(16-14(19)22)5-3-2-4-6-15/h2-11H2,1H3,(H,16,22)/p+1. The molecule has 4 amide bonds. The maximum atomic E-state index is 12.7. The average Bonchev–Trinajstić information content (AvgIpc) is 2.73. The van der Waals surface area contributed by atoms with Crippen LogP contribution in [0.2, 0.25) is 0 Å². The molecule has 0 aromatic heterocycles. The third-order valence-corrected chi connectivity index (χ3v) is 5.25. The van der Waals surface area contributed by atoms with Gasteiger partial charge in [0.2, 0.25) is 5.91 Å². The van der Waals surface area contributed by atoms with Crippen molar-refractivity contribution in [3.63, 3.8) is 0 Å². The number of nitrogens with one attached hydrogen (secondary N) is 2. The van der Waals surface area contributed by atoms with Crippen LogP contribution >= 0.6 is 0 Å². The highest BCUT2D eigenvalue weighted by molar-refractivity contribution is 6.06. The number of hydrogen-bond donors (Lipinski definition) is 2. The van der Waals surface area contributed by atoms with E-state index in [1.54, 1.807) is 6.92 Å². The zero-order chi connectivity index (χ0) is 15.7. The predicted octanol–water partition coefficient (Wildman–Crippen LogP) is -1.05. The highest BCUT2D eigenvalue weighted by atomic mass is 16.2. The number of amides is 4. The van der Waals surface area contributed by atoms with Gasteiger partial charge in [-0.1, -0.05) is 19.3 Å². The quantitative estimate of drug-likeness (QED) is 0.639. The maximum absolute atomic E-state index is 12.7. The summed E-state index contributed by atoms with van der Waals surface area (Å²) in [5.41, 5.74) is -0.629. The van der Waals surface area contributed by atoms with Crippen LogP contribution in [-0.4, -0.2) is 66.0 Å². The lowest BCUT2D eigenvalue weighted by Gasteiger charge is -2.33. The Labute approximate surface area is 130 Å². The normalized spacial score (nSPS) is 25.7. The number of urea groups is 1. The number of carbonyl (C=O) groups excluding carboxylic acids is 3. The Morgan fingerprint density at radius 2 is 1.82 bits per heavy atom. The van der Waals surface area contributed by atoms with Crippen molar-refractivity contribution in [1.29, 1.82) is 0 Å². The van der Waals surface area contributed by atoms with Crippen LogP contribution in [0.25, 0.3) is 0 Å². The molecule has 0 radical (unpaired) electrons. The molecule has 2 saturated heterocycles. The van der Waals surface area contributed by atoms with Gasteiger partial charge in [-0.3, -0.25) is 9.59 Å². The third-order valence-electron chi connectivity index (χ3n) is 5.25. The first-order valence-corrected chi connectivity index (χ1v) is 8.25. The fourth-order valence-electron chi connectivity index (χ4n) is 3.83. The van der Waals surface area contributed by atoms with E-state index < -0.39 is 5.54 Å². The van der Waals surface area contributed by atoms with Crippen LogP contribution in [0.4, 0.5) is 4.79 Å². The monoisotopic (exact) mass is 309 g/mol. The Morgan fingerprint density at radius 1 is 1.18 bits per heavy atom. The van der Waals surface area contributed by atoms with E-state index >= 15 is 0 Å². The molecule has 122 valence electrons. The Balaban J connectivity index is 1.60. The number of imide groups is 1. The number of rotatable bonds is 2. The number of quaternary nitrogens is 1. The lowest BCUT2D eigenvalue weighted by molar-refractivity contribution is -0.911. The summed E-state index contributed by atoms with van der Waals surface area (Å²) in [7, 11) is 0. The summed E-state index contributed by atoms with van der Waals surface area (Å²) >= 11 is 0. The van der Waals surface area contributed by atoms with Gasteiger partial charge in [-0.25, -0.2) is 9.69 Å². The minimum Gasteiger partial charge on any atom is -0.332 e. The van der Waals surface area contributed by atoms with Gasteiger partial charge in [0.1, 0.15) is 5.54 Å². The predicted molar refractivity (Wildman–Crippen MR) is 79.0 cm³/mol. The van der Waals surface area contributed by atoms with Crippen molar-refractivity contribution < 1.29 is 19.3 Å². The molecule has 0 aromatic carbocycles. The van der Waals surface area contributed by atoms with E-state index in [0.717, 1.165) is 45.2 Å². The number of piperazine rings is 1. The fourth-order valence-corrected chi connectivity index (χ4v) is 3.83. The van der Waals surface area contributed by atoms with Gasteiger partial charge in [-0.15, -0.1) is 0 Å². The van der Waals surface area contributed by atoms with Crippen LogP contribution in [0.1, 0.15) is 39.0 Å². The molecule has 0 aromatic rings. The molecule has 0 atom stereocenters. The van der Waals surface area contributed by atoms with E-state index in [1.807, 2.05) is 4.90 Å². The van der Waals surface area contributed by atoms with E-state index in [1.165, 1.54) is 9.80 Å². The molecule has 1 aliphatic carbocycles. The molecule has 2 N–H and O–H groups in total. The van der Waals surface area contributed by atoms with Crippen molar-refractivity contribution in [3.8, 4) is 0 Å². The molecule has 22 heavy (non-hydrogen) atoms. The molecule has 3 aliphatic rings. The van der Waals surface area contributed by atoms with Crippen molar-refractivity contribution in [3.05, 3.63) is 0 Å². The fraction of sp³-hybridized carbons (Fsp3) is 0.800. The summed E-state index contributed by atoms with van der Waals surface area (Å²) in [6, 6.07) is -0.242. The highest BCUT2D eigenvalue weighted by Crippen LogP contribution is 2.33. The molecule has 0 bridgehead atoms. The molecule has 3 fully saturated rings. The maximum Gasteiger partial charge on any atom is 0.329 e. The van der Waals surface area contributed by atoms with E-state index in [2.05, 4.69) is 5.32 Å². The Morgan fingerprint density at radius 3 is 2.41 bits per heavy atom. The molecule has 7 nitrogen and oxygen atoms in total. The molecular formula is C15H25N4O3+. The second-order valence-electron chi connectivity index (χ2n) is 6.72. The van der Waals surface area contributed by atoms with Gasteiger partial charge in [0.15, 0.2) is 6.67 Å². The van der Waals surface area contributed by atoms with Crippen molar-refractivity contribution in [1.82, 2.24) is 15.1 Å². The largest absolute Gasteiger partial charge is 0.332 e. The minimum absolute atomic E-state index is 0.0429. The second-order valence-corrected chi connectivity index (χ2v) is 6.72. The first-order valence-electron chi connectivity index (χ1n) is 8.25. The molecular weight excluding hydrogens is 284 g/mol. The number of hydrogen-bond acceptors (Lipinski definition) is 3. The van der Waals surface area contributed by atoms with E-state index in [4.69, 9.17) is 0 Å². The average molecular weight is 309 g/mol. The van der Waals surface area contributed by atoms with Crippen LogP contribution < -0.4 is 10.2 Å². The molecule has 1 spiro atoms. The van der Waals surface area contributed by atoms with Gasteiger partial charge in [0.05, 0.1) is 26.2 Å². The molecule has 0 unspecified atom stereocenters. The second kappa shape index (κ2) is 5.87. The van der Waals surface area contributed by atoms with Crippen LogP contribution in [0, 0.1) is 0 Å².